The van der Waals surface area contributed by atoms with Crippen molar-refractivity contribution in [2.45, 2.75) is 13.8 Å². The average Bonchev–Trinajstić information content (AvgIpc) is 2.44. The van der Waals surface area contributed by atoms with E-state index in [2.05, 4.69) is 43.9 Å². The first-order chi connectivity index (χ1) is 10.1. The van der Waals surface area contributed by atoms with Gasteiger partial charge in [0.2, 0.25) is 0 Å². The smallest absolute Gasteiger partial charge is 0.178 e. The summed E-state index contributed by atoms with van der Waals surface area (Å²) in [6.45, 7) is 8.65. The van der Waals surface area contributed by atoms with Crippen molar-refractivity contribution in [3.8, 4) is 0 Å². The van der Waals surface area contributed by atoms with Crippen LogP contribution in [0.2, 0.25) is 0 Å². The van der Waals surface area contributed by atoms with Crippen LogP contribution in [0.5, 0.6) is 0 Å². The fraction of sp³-hybridized carbons (Fsp3) is 0.167. The van der Waals surface area contributed by atoms with E-state index in [1.165, 1.54) is 11.1 Å². The quantitative estimate of drug-likeness (QED) is 0.650. The molecule has 0 aromatic heterocycles. The fourth-order valence-electron chi connectivity index (χ4n) is 2.28. The predicted octanol–water partition coefficient (Wildman–Crippen LogP) is 4.69. The average molecular weight is 296 g/mol. The van der Waals surface area contributed by atoms with Gasteiger partial charge in [-0.3, -0.25) is 0 Å². The molecule has 0 bridgehead atoms. The zero-order valence-corrected chi connectivity index (χ0v) is 13.3. The Labute approximate surface area is 132 Å². The Morgan fingerprint density at radius 2 is 1.76 bits per heavy atom. The Morgan fingerprint density at radius 1 is 1.14 bits per heavy atom. The minimum absolute atomic E-state index is 0.667. The maximum atomic E-state index is 5.56. The van der Waals surface area contributed by atoms with Gasteiger partial charge in [0.25, 0.3) is 0 Å². The van der Waals surface area contributed by atoms with E-state index in [4.69, 9.17) is 12.2 Å². The third kappa shape index (κ3) is 4.17. The summed E-state index contributed by atoms with van der Waals surface area (Å²) in [6, 6.07) is 16.4. The summed E-state index contributed by atoms with van der Waals surface area (Å²) in [5.41, 5.74) is 4.51. The molecule has 2 aromatic carbocycles. The molecule has 0 saturated heterocycles. The molecule has 0 saturated carbocycles. The van der Waals surface area contributed by atoms with Crippen molar-refractivity contribution in [3.05, 3.63) is 72.3 Å². The molecule has 2 nitrogen and oxygen atoms in total. The van der Waals surface area contributed by atoms with Gasteiger partial charge in [-0.05, 0) is 61.5 Å². The molecule has 0 atom stereocenters. The number of nitrogens with one attached hydrogen (secondary N) is 1. The van der Waals surface area contributed by atoms with Gasteiger partial charge in [0.1, 0.15) is 0 Å². The van der Waals surface area contributed by atoms with Gasteiger partial charge in [-0.2, -0.15) is 0 Å². The van der Waals surface area contributed by atoms with Crippen LogP contribution >= 0.6 is 12.2 Å². The van der Waals surface area contributed by atoms with Crippen molar-refractivity contribution in [2.75, 3.05) is 16.8 Å². The van der Waals surface area contributed by atoms with Gasteiger partial charge in [0, 0.05) is 17.9 Å². The third-order valence-electron chi connectivity index (χ3n) is 3.10. The lowest BCUT2D eigenvalue weighted by Crippen LogP contribution is -2.34. The van der Waals surface area contributed by atoms with Crippen LogP contribution < -0.4 is 10.2 Å². The first-order valence-corrected chi connectivity index (χ1v) is 7.34. The highest BCUT2D eigenvalue weighted by molar-refractivity contribution is 7.80. The number of anilines is 2. The summed E-state index contributed by atoms with van der Waals surface area (Å²) in [5, 5.41) is 3.99. The molecule has 0 amide bonds. The molecule has 0 aliphatic rings. The lowest BCUT2D eigenvalue weighted by molar-refractivity contribution is 1.15. The zero-order valence-electron chi connectivity index (χ0n) is 12.5. The van der Waals surface area contributed by atoms with Gasteiger partial charge in [-0.1, -0.05) is 30.3 Å². The molecule has 0 fully saturated rings. The highest BCUT2D eigenvalue weighted by Crippen LogP contribution is 2.18. The summed E-state index contributed by atoms with van der Waals surface area (Å²) in [4.78, 5) is 2.03. The lowest BCUT2D eigenvalue weighted by atomic mass is 10.1. The first kappa shape index (κ1) is 15.3. The second-order valence-corrected chi connectivity index (χ2v) is 5.43. The second-order valence-electron chi connectivity index (χ2n) is 5.04. The highest BCUT2D eigenvalue weighted by atomic mass is 32.1. The summed E-state index contributed by atoms with van der Waals surface area (Å²) in [5.74, 6) is 0. The molecule has 3 heteroatoms. The Bertz CT molecular complexity index is 615. The Kier molecular flexibility index (Phi) is 5.12. The van der Waals surface area contributed by atoms with E-state index in [0.29, 0.717) is 11.7 Å². The predicted molar refractivity (Wildman–Crippen MR) is 96.1 cm³/mol. The monoisotopic (exact) mass is 296 g/mol. The van der Waals surface area contributed by atoms with Crippen molar-refractivity contribution in [2.24, 2.45) is 0 Å². The van der Waals surface area contributed by atoms with Crippen LogP contribution in [0.4, 0.5) is 11.4 Å². The van der Waals surface area contributed by atoms with E-state index in [0.717, 1.165) is 11.4 Å². The molecule has 21 heavy (non-hydrogen) atoms. The summed E-state index contributed by atoms with van der Waals surface area (Å²) < 4.78 is 0. The SMILES string of the molecule is C=CCN(C(=S)Nc1cc(C)cc(C)c1)c1ccccc1. The molecule has 0 heterocycles. The molecule has 0 aliphatic carbocycles. The van der Waals surface area contributed by atoms with Crippen LogP contribution in [-0.2, 0) is 0 Å². The van der Waals surface area contributed by atoms with Crippen molar-refractivity contribution < 1.29 is 0 Å². The van der Waals surface area contributed by atoms with Crippen LogP contribution in [0.3, 0.4) is 0 Å². The first-order valence-electron chi connectivity index (χ1n) is 6.93. The molecular formula is C18H20N2S. The highest BCUT2D eigenvalue weighted by Gasteiger charge is 2.10. The van der Waals surface area contributed by atoms with Gasteiger partial charge < -0.3 is 10.2 Å². The minimum Gasteiger partial charge on any atom is -0.332 e. The number of nitrogens with zero attached hydrogens (tertiary/aromatic N) is 1. The summed E-state index contributed by atoms with van der Waals surface area (Å²) in [7, 11) is 0. The molecule has 2 rings (SSSR count). The Balaban J connectivity index is 2.21. The van der Waals surface area contributed by atoms with Crippen molar-refractivity contribution >= 4 is 28.7 Å². The van der Waals surface area contributed by atoms with Crippen LogP contribution in [0.25, 0.3) is 0 Å². The van der Waals surface area contributed by atoms with Gasteiger partial charge in [-0.15, -0.1) is 6.58 Å². The Morgan fingerprint density at radius 3 is 2.33 bits per heavy atom. The molecule has 0 aliphatic heterocycles. The van der Waals surface area contributed by atoms with E-state index >= 15 is 0 Å². The van der Waals surface area contributed by atoms with Gasteiger partial charge >= 0.3 is 0 Å². The summed E-state index contributed by atoms with van der Waals surface area (Å²) >= 11 is 5.56. The van der Waals surface area contributed by atoms with Gasteiger partial charge in [0.15, 0.2) is 5.11 Å². The number of aryl methyl sites for hydroxylation is 2. The zero-order chi connectivity index (χ0) is 15.2. The van der Waals surface area contributed by atoms with Crippen molar-refractivity contribution in [1.29, 1.82) is 0 Å². The number of para-hydroxylation sites is 1. The topological polar surface area (TPSA) is 15.3 Å². The van der Waals surface area contributed by atoms with E-state index in [9.17, 15) is 0 Å². The molecule has 108 valence electrons. The molecule has 0 radical (unpaired) electrons. The van der Waals surface area contributed by atoms with Gasteiger partial charge in [-0.25, -0.2) is 0 Å². The van der Waals surface area contributed by atoms with Crippen molar-refractivity contribution in [1.82, 2.24) is 0 Å². The maximum Gasteiger partial charge on any atom is 0.178 e. The fourth-order valence-corrected chi connectivity index (χ4v) is 2.58. The van der Waals surface area contributed by atoms with Crippen molar-refractivity contribution in [3.63, 3.8) is 0 Å². The lowest BCUT2D eigenvalue weighted by Gasteiger charge is -2.25. The van der Waals surface area contributed by atoms with E-state index in [-0.39, 0.29) is 0 Å². The second kappa shape index (κ2) is 7.04. The van der Waals surface area contributed by atoms with E-state index in [1.807, 2.05) is 41.3 Å². The third-order valence-corrected chi connectivity index (χ3v) is 3.42. The van der Waals surface area contributed by atoms with Crippen LogP contribution in [0.1, 0.15) is 11.1 Å². The van der Waals surface area contributed by atoms with Gasteiger partial charge in [0.05, 0.1) is 0 Å². The Hall–Kier alpha value is -2.13. The van der Waals surface area contributed by atoms with Crippen LogP contribution in [0, 0.1) is 13.8 Å². The normalized spacial score (nSPS) is 10.0. The standard InChI is InChI=1S/C18H20N2S/c1-4-10-20(17-8-6-5-7-9-17)18(21)19-16-12-14(2)11-15(3)13-16/h4-9,11-13H,1,10H2,2-3H3,(H,19,21). The number of benzene rings is 2. The number of hydrogen-bond acceptors (Lipinski definition) is 1. The molecule has 2 aromatic rings. The largest absolute Gasteiger partial charge is 0.332 e. The molecule has 1 N–H and O–H groups in total. The number of thiocarbonyl (C=S) groups is 1. The van der Waals surface area contributed by atoms with Crippen LogP contribution in [0.15, 0.2) is 61.2 Å². The summed E-state index contributed by atoms with van der Waals surface area (Å²) in [6.07, 6.45) is 1.85. The molecular weight excluding hydrogens is 276 g/mol. The molecule has 0 spiro atoms. The number of rotatable bonds is 4. The molecule has 0 unspecified atom stereocenters. The number of hydrogen-bond donors (Lipinski definition) is 1. The maximum absolute atomic E-state index is 5.56. The minimum atomic E-state index is 0.667. The van der Waals surface area contributed by atoms with Crippen LogP contribution in [-0.4, -0.2) is 11.7 Å². The van der Waals surface area contributed by atoms with E-state index < -0.39 is 0 Å². The van der Waals surface area contributed by atoms with E-state index in [1.54, 1.807) is 0 Å².